The molecule has 3 aromatic rings. The van der Waals surface area contributed by atoms with E-state index in [1.807, 2.05) is 0 Å². The molecule has 0 N–H and O–H groups in total. The summed E-state index contributed by atoms with van der Waals surface area (Å²) in [6, 6.07) is 11.0. The van der Waals surface area contributed by atoms with Crippen molar-refractivity contribution in [2.45, 2.75) is 13.5 Å². The number of hydrogen-bond donors (Lipinski definition) is 0. The summed E-state index contributed by atoms with van der Waals surface area (Å²) in [5.74, 6) is -0.261. The van der Waals surface area contributed by atoms with Crippen molar-refractivity contribution in [1.82, 2.24) is 25.1 Å². The number of rotatable bonds is 5. The lowest BCUT2D eigenvalue weighted by molar-refractivity contribution is -0.124. The van der Waals surface area contributed by atoms with Crippen LogP contribution in [0.25, 0.3) is 11.8 Å². The molecule has 0 spiro atoms. The van der Waals surface area contributed by atoms with E-state index >= 15 is 0 Å². The van der Waals surface area contributed by atoms with Crippen molar-refractivity contribution in [3.8, 4) is 0 Å². The first-order chi connectivity index (χ1) is 13.4. The van der Waals surface area contributed by atoms with Crippen LogP contribution in [0.1, 0.15) is 17.0 Å². The van der Waals surface area contributed by atoms with Crippen molar-refractivity contribution in [2.75, 3.05) is 7.05 Å². The lowest BCUT2D eigenvalue weighted by atomic mass is 10.1. The number of likely N-dealkylation sites (N-methyl/N-ethyl adjacent to an activating group) is 1. The highest BCUT2D eigenvalue weighted by Gasteiger charge is 2.21. The molecule has 0 atom stereocenters. The van der Waals surface area contributed by atoms with E-state index in [-0.39, 0.29) is 24.0 Å². The molecular weight excluding hydrogens is 404 g/mol. The number of amides is 1. The molecule has 144 valence electrons. The molecule has 1 heterocycles. The van der Waals surface area contributed by atoms with E-state index in [2.05, 4.69) is 15.5 Å². The minimum atomic E-state index is -0.364. The summed E-state index contributed by atoms with van der Waals surface area (Å²) in [6.45, 7) is 1.92. The normalized spacial score (nSPS) is 11.5. The van der Waals surface area contributed by atoms with E-state index < -0.39 is 0 Å². The second-order valence-corrected chi connectivity index (χ2v) is 6.88. The van der Waals surface area contributed by atoms with Crippen LogP contribution in [0.4, 0.5) is 4.39 Å². The van der Waals surface area contributed by atoms with Gasteiger partial charge in [0.1, 0.15) is 11.5 Å². The van der Waals surface area contributed by atoms with Gasteiger partial charge in [0, 0.05) is 13.6 Å². The van der Waals surface area contributed by atoms with Crippen LogP contribution in [0.3, 0.4) is 0 Å². The predicted octanol–water partition coefficient (Wildman–Crippen LogP) is 4.08. The summed E-state index contributed by atoms with van der Waals surface area (Å²) in [7, 11) is 1.64. The van der Waals surface area contributed by atoms with E-state index in [9.17, 15) is 9.18 Å². The van der Waals surface area contributed by atoms with E-state index in [1.165, 1.54) is 21.7 Å². The van der Waals surface area contributed by atoms with Crippen molar-refractivity contribution < 1.29 is 9.18 Å². The van der Waals surface area contributed by atoms with Gasteiger partial charge in [-0.25, -0.2) is 4.39 Å². The van der Waals surface area contributed by atoms with E-state index in [1.54, 1.807) is 50.4 Å². The maximum atomic E-state index is 13.2. The van der Waals surface area contributed by atoms with Crippen molar-refractivity contribution in [2.24, 2.45) is 0 Å². The number of nitrogens with zero attached hydrogens (tertiary/aromatic N) is 5. The first kappa shape index (κ1) is 20.0. The van der Waals surface area contributed by atoms with Gasteiger partial charge in [-0.05, 0) is 52.8 Å². The summed E-state index contributed by atoms with van der Waals surface area (Å²) < 4.78 is 14.5. The summed E-state index contributed by atoms with van der Waals surface area (Å²) in [5.41, 5.74) is 1.56. The topological polar surface area (TPSA) is 63.9 Å². The molecule has 1 aromatic heterocycles. The van der Waals surface area contributed by atoms with Crippen LogP contribution in [0.5, 0.6) is 0 Å². The summed E-state index contributed by atoms with van der Waals surface area (Å²) in [4.78, 5) is 14.6. The van der Waals surface area contributed by atoms with Crippen LogP contribution in [0.15, 0.2) is 42.5 Å². The fourth-order valence-corrected chi connectivity index (χ4v) is 2.96. The highest BCUT2D eigenvalue weighted by atomic mass is 35.5. The van der Waals surface area contributed by atoms with E-state index in [4.69, 9.17) is 23.2 Å². The molecule has 1 amide bonds. The molecule has 0 radical (unpaired) electrons. The van der Waals surface area contributed by atoms with Gasteiger partial charge >= 0.3 is 0 Å². The molecule has 0 bridgehead atoms. The number of benzene rings is 2. The summed E-state index contributed by atoms with van der Waals surface area (Å²) in [6.07, 6.45) is 1.60. The Hall–Kier alpha value is -2.77. The van der Waals surface area contributed by atoms with E-state index in [0.29, 0.717) is 27.0 Å². The van der Waals surface area contributed by atoms with Crippen LogP contribution in [-0.2, 0) is 11.3 Å². The zero-order chi connectivity index (χ0) is 20.3. The Kier molecular flexibility index (Phi) is 6.06. The van der Waals surface area contributed by atoms with Gasteiger partial charge in [-0.3, -0.25) is 4.79 Å². The largest absolute Gasteiger partial charge is 0.336 e. The van der Waals surface area contributed by atoms with Crippen molar-refractivity contribution in [3.63, 3.8) is 0 Å². The maximum Gasteiger partial charge on any atom is 0.272 e. The Balaban J connectivity index is 1.95. The number of aromatic nitrogens is 4. The van der Waals surface area contributed by atoms with Gasteiger partial charge in [-0.2, -0.15) is 4.68 Å². The third-order valence-electron chi connectivity index (χ3n) is 4.03. The zero-order valence-corrected chi connectivity index (χ0v) is 16.6. The van der Waals surface area contributed by atoms with Gasteiger partial charge in [0.25, 0.3) is 5.91 Å². The fourth-order valence-electron chi connectivity index (χ4n) is 2.58. The molecule has 0 unspecified atom stereocenters. The Morgan fingerprint density at radius 2 is 1.93 bits per heavy atom. The Bertz CT molecular complexity index is 1030. The molecule has 0 aliphatic heterocycles. The Labute approximate surface area is 171 Å². The number of carbonyl (C=O) groups is 1. The fraction of sp³-hybridized carbons (Fsp3) is 0.158. The molecule has 0 saturated heterocycles. The van der Waals surface area contributed by atoms with Crippen LogP contribution in [0, 0.1) is 12.7 Å². The monoisotopic (exact) mass is 419 g/mol. The van der Waals surface area contributed by atoms with Crippen LogP contribution in [0.2, 0.25) is 10.0 Å². The molecular formula is C19H16Cl2FN5O. The first-order valence-electron chi connectivity index (χ1n) is 8.28. The highest BCUT2D eigenvalue weighted by molar-refractivity contribution is 6.42. The number of carbonyl (C=O) groups excluding carboxylic acids is 1. The summed E-state index contributed by atoms with van der Waals surface area (Å²) >= 11 is 12.3. The van der Waals surface area contributed by atoms with Gasteiger partial charge in [-0.15, -0.1) is 5.10 Å². The molecule has 2 aromatic carbocycles. The molecule has 9 heteroatoms. The molecule has 3 rings (SSSR count). The van der Waals surface area contributed by atoms with Crippen LogP contribution < -0.4 is 0 Å². The van der Waals surface area contributed by atoms with Crippen molar-refractivity contribution in [1.29, 1.82) is 0 Å². The Morgan fingerprint density at radius 3 is 2.57 bits per heavy atom. The minimum Gasteiger partial charge on any atom is -0.336 e. The average Bonchev–Trinajstić information content (AvgIpc) is 3.10. The molecule has 6 nitrogen and oxygen atoms in total. The highest BCUT2D eigenvalue weighted by Crippen LogP contribution is 2.27. The Morgan fingerprint density at radius 1 is 1.21 bits per heavy atom. The van der Waals surface area contributed by atoms with Gasteiger partial charge in [0.2, 0.25) is 0 Å². The van der Waals surface area contributed by atoms with Crippen molar-refractivity contribution in [3.05, 3.63) is 75.3 Å². The van der Waals surface area contributed by atoms with Crippen molar-refractivity contribution >= 4 is 40.9 Å². The zero-order valence-electron chi connectivity index (χ0n) is 15.1. The SMILES string of the molecule is Cc1nnnn1/C(=C/c1ccc(F)cc1)C(=O)N(C)Cc1cccc(Cl)c1Cl. The standard InChI is InChI=1S/C19H16Cl2FN5O/c1-12-23-24-25-27(12)17(10-13-6-8-15(22)9-7-13)19(28)26(2)11-14-4-3-5-16(20)18(14)21/h3-10H,11H2,1-2H3/b17-10+. The third-order valence-corrected chi connectivity index (χ3v) is 4.89. The molecule has 0 aliphatic rings. The molecule has 0 saturated carbocycles. The van der Waals surface area contributed by atoms with E-state index in [0.717, 1.165) is 0 Å². The molecule has 28 heavy (non-hydrogen) atoms. The number of halogens is 3. The number of hydrogen-bond acceptors (Lipinski definition) is 4. The van der Waals surface area contributed by atoms with Crippen LogP contribution >= 0.6 is 23.2 Å². The minimum absolute atomic E-state index is 0.217. The van der Waals surface area contributed by atoms with Gasteiger partial charge in [0.05, 0.1) is 10.0 Å². The second kappa shape index (κ2) is 8.50. The first-order valence-corrected chi connectivity index (χ1v) is 9.03. The number of tetrazole rings is 1. The average molecular weight is 420 g/mol. The molecule has 0 fully saturated rings. The second-order valence-electron chi connectivity index (χ2n) is 6.09. The lowest BCUT2D eigenvalue weighted by Crippen LogP contribution is -2.29. The quantitative estimate of drug-likeness (QED) is 0.584. The maximum absolute atomic E-state index is 13.2. The number of aryl methyl sites for hydroxylation is 1. The predicted molar refractivity (Wildman–Crippen MR) is 106 cm³/mol. The van der Waals surface area contributed by atoms with Crippen LogP contribution in [-0.4, -0.2) is 38.1 Å². The van der Waals surface area contributed by atoms with Gasteiger partial charge < -0.3 is 4.90 Å². The molecule has 0 aliphatic carbocycles. The lowest BCUT2D eigenvalue weighted by Gasteiger charge is -2.20. The summed E-state index contributed by atoms with van der Waals surface area (Å²) in [5, 5.41) is 12.1. The third kappa shape index (κ3) is 4.37. The van der Waals surface area contributed by atoms with Gasteiger partial charge in [-0.1, -0.05) is 47.5 Å². The smallest absolute Gasteiger partial charge is 0.272 e. The van der Waals surface area contributed by atoms with Gasteiger partial charge in [0.15, 0.2) is 5.82 Å².